The second-order valence-corrected chi connectivity index (χ2v) is 9.49. The van der Waals surface area contributed by atoms with E-state index in [4.69, 9.17) is 9.47 Å². The Bertz CT molecular complexity index is 1100. The number of hydrogen-bond donors (Lipinski definition) is 2. The molecule has 2 N–H and O–H groups in total. The van der Waals surface area contributed by atoms with Gasteiger partial charge in [0.1, 0.15) is 16.5 Å². The lowest BCUT2D eigenvalue weighted by Gasteiger charge is -2.26. The first-order chi connectivity index (χ1) is 15.7. The second kappa shape index (κ2) is 10.7. The Morgan fingerprint density at radius 1 is 1.12 bits per heavy atom. The molecule has 0 spiro atoms. The largest absolute Gasteiger partial charge is 0.491 e. The third-order valence-electron chi connectivity index (χ3n) is 4.70. The molecule has 1 fully saturated rings. The summed E-state index contributed by atoms with van der Waals surface area (Å²) in [5, 5.41) is 4.96. The first kappa shape index (κ1) is 24.6. The van der Waals surface area contributed by atoms with Crippen LogP contribution in [-0.2, 0) is 19.6 Å². The Morgan fingerprint density at radius 3 is 2.42 bits per heavy atom. The highest BCUT2D eigenvalue weighted by atomic mass is 32.2. The topological polar surface area (TPSA) is 114 Å². The summed E-state index contributed by atoms with van der Waals surface area (Å²) in [5.41, 5.74) is 0.442. The van der Waals surface area contributed by atoms with Crippen molar-refractivity contribution in [1.82, 2.24) is 9.62 Å². The van der Waals surface area contributed by atoms with Crippen LogP contribution in [-0.4, -0.2) is 63.5 Å². The van der Waals surface area contributed by atoms with E-state index in [1.807, 2.05) is 13.8 Å². The van der Waals surface area contributed by atoms with E-state index in [-0.39, 0.29) is 44.6 Å². The van der Waals surface area contributed by atoms with E-state index in [2.05, 4.69) is 10.6 Å². The molecule has 1 heterocycles. The Kier molecular flexibility index (Phi) is 8.01. The molecule has 0 atom stereocenters. The molecule has 0 saturated carbocycles. The number of carbonyl (C=O) groups excluding carboxylic acids is 2. The van der Waals surface area contributed by atoms with E-state index in [1.165, 1.54) is 6.07 Å². The summed E-state index contributed by atoms with van der Waals surface area (Å²) in [7, 11) is -4.08. The fourth-order valence-electron chi connectivity index (χ4n) is 3.13. The lowest BCUT2D eigenvalue weighted by atomic mass is 10.2. The number of nitrogens with zero attached hydrogens (tertiary/aromatic N) is 1. The molecule has 2 aromatic carbocycles. The van der Waals surface area contributed by atoms with Crippen molar-refractivity contribution in [3.63, 3.8) is 0 Å². The van der Waals surface area contributed by atoms with Gasteiger partial charge in [-0.1, -0.05) is 0 Å². The zero-order valence-electron chi connectivity index (χ0n) is 18.3. The molecule has 3 rings (SSSR count). The normalized spacial score (nSPS) is 14.7. The summed E-state index contributed by atoms with van der Waals surface area (Å²) >= 11 is 0. The van der Waals surface area contributed by atoms with Gasteiger partial charge >= 0.3 is 0 Å². The predicted octanol–water partition coefficient (Wildman–Crippen LogP) is 2.00. The van der Waals surface area contributed by atoms with Gasteiger partial charge in [0.15, 0.2) is 0 Å². The van der Waals surface area contributed by atoms with Crippen molar-refractivity contribution in [2.24, 2.45) is 0 Å². The van der Waals surface area contributed by atoms with Crippen LogP contribution in [0.5, 0.6) is 5.75 Å². The molecular weight excluding hydrogens is 453 g/mol. The number of hydrogen-bond acceptors (Lipinski definition) is 6. The third-order valence-corrected chi connectivity index (χ3v) is 6.61. The summed E-state index contributed by atoms with van der Waals surface area (Å²) in [4.78, 5) is 24.0. The standard InChI is InChI=1S/C22H26FN3O6S/c1-15(2)32-18-6-3-16(4-7-18)22(28)24-14-21(27)25-17-5-8-19(23)20(13-17)33(29,30)26-9-11-31-12-10-26/h3-8,13,15H,9-12,14H2,1-2H3,(H,24,28)(H,25,27). The van der Waals surface area contributed by atoms with Gasteiger partial charge in [-0.25, -0.2) is 12.8 Å². The highest BCUT2D eigenvalue weighted by Gasteiger charge is 2.29. The van der Waals surface area contributed by atoms with Crippen LogP contribution in [0.1, 0.15) is 24.2 Å². The molecule has 0 radical (unpaired) electrons. The van der Waals surface area contributed by atoms with Crippen LogP contribution in [0.15, 0.2) is 47.4 Å². The molecule has 2 aromatic rings. The molecule has 178 valence electrons. The SMILES string of the molecule is CC(C)Oc1ccc(C(=O)NCC(=O)Nc2ccc(F)c(S(=O)(=O)N3CCOCC3)c2)cc1. The van der Waals surface area contributed by atoms with Crippen LogP contribution in [0.3, 0.4) is 0 Å². The third kappa shape index (κ3) is 6.50. The van der Waals surface area contributed by atoms with Gasteiger partial charge < -0.3 is 20.1 Å². The van der Waals surface area contributed by atoms with Crippen LogP contribution in [0, 0.1) is 5.82 Å². The number of anilines is 1. The molecule has 0 unspecified atom stereocenters. The van der Waals surface area contributed by atoms with Crippen molar-refractivity contribution in [2.75, 3.05) is 38.2 Å². The molecular formula is C22H26FN3O6S. The summed E-state index contributed by atoms with van der Waals surface area (Å²) in [6.07, 6.45) is 0.00390. The van der Waals surface area contributed by atoms with Crippen molar-refractivity contribution in [3.05, 3.63) is 53.8 Å². The molecule has 0 bridgehead atoms. The molecule has 11 heteroatoms. The molecule has 0 aromatic heterocycles. The molecule has 2 amide bonds. The molecule has 1 aliphatic rings. The summed E-state index contributed by atoms with van der Waals surface area (Å²) in [5.74, 6) is -1.35. The van der Waals surface area contributed by atoms with Gasteiger partial charge in [0.05, 0.1) is 25.9 Å². The van der Waals surface area contributed by atoms with Gasteiger partial charge in [-0.05, 0) is 56.3 Å². The van der Waals surface area contributed by atoms with Crippen molar-refractivity contribution in [2.45, 2.75) is 24.8 Å². The van der Waals surface area contributed by atoms with E-state index in [0.29, 0.717) is 11.3 Å². The molecule has 1 saturated heterocycles. The smallest absolute Gasteiger partial charge is 0.251 e. The number of halogens is 1. The van der Waals surface area contributed by atoms with E-state index < -0.39 is 32.6 Å². The zero-order valence-corrected chi connectivity index (χ0v) is 19.2. The Hall–Kier alpha value is -3.02. The molecule has 1 aliphatic heterocycles. The van der Waals surface area contributed by atoms with Crippen LogP contribution < -0.4 is 15.4 Å². The van der Waals surface area contributed by atoms with Crippen molar-refractivity contribution in [3.8, 4) is 5.75 Å². The van der Waals surface area contributed by atoms with Gasteiger partial charge in [0.2, 0.25) is 15.9 Å². The van der Waals surface area contributed by atoms with Crippen LogP contribution in [0.2, 0.25) is 0 Å². The highest BCUT2D eigenvalue weighted by molar-refractivity contribution is 7.89. The maximum Gasteiger partial charge on any atom is 0.251 e. The Labute approximate surface area is 191 Å². The number of rotatable bonds is 8. The molecule has 9 nitrogen and oxygen atoms in total. The highest BCUT2D eigenvalue weighted by Crippen LogP contribution is 2.24. The first-order valence-corrected chi connectivity index (χ1v) is 11.8. The maximum atomic E-state index is 14.3. The van der Waals surface area contributed by atoms with Crippen LogP contribution in [0.25, 0.3) is 0 Å². The van der Waals surface area contributed by atoms with Gasteiger partial charge in [-0.3, -0.25) is 9.59 Å². The fourth-order valence-corrected chi connectivity index (χ4v) is 4.63. The van der Waals surface area contributed by atoms with Gasteiger partial charge in [0.25, 0.3) is 5.91 Å². The first-order valence-electron chi connectivity index (χ1n) is 10.4. The van der Waals surface area contributed by atoms with E-state index in [9.17, 15) is 22.4 Å². The van der Waals surface area contributed by atoms with Crippen molar-refractivity contribution in [1.29, 1.82) is 0 Å². The average Bonchev–Trinajstić information content (AvgIpc) is 2.79. The van der Waals surface area contributed by atoms with E-state index >= 15 is 0 Å². The minimum absolute atomic E-state index is 0.00390. The van der Waals surface area contributed by atoms with Gasteiger partial charge in [-0.15, -0.1) is 0 Å². The van der Waals surface area contributed by atoms with Crippen molar-refractivity contribution >= 4 is 27.5 Å². The van der Waals surface area contributed by atoms with Crippen LogP contribution in [0.4, 0.5) is 10.1 Å². The van der Waals surface area contributed by atoms with Gasteiger partial charge in [0, 0.05) is 24.3 Å². The Morgan fingerprint density at radius 2 is 1.79 bits per heavy atom. The minimum atomic E-state index is -4.08. The Balaban J connectivity index is 1.60. The predicted molar refractivity (Wildman–Crippen MR) is 119 cm³/mol. The zero-order chi connectivity index (χ0) is 24.0. The minimum Gasteiger partial charge on any atom is -0.491 e. The number of sulfonamides is 1. The summed E-state index contributed by atoms with van der Waals surface area (Å²) < 4.78 is 51.6. The lowest BCUT2D eigenvalue weighted by Crippen LogP contribution is -2.41. The number of ether oxygens (including phenoxy) is 2. The quantitative estimate of drug-likeness (QED) is 0.599. The maximum absolute atomic E-state index is 14.3. The number of amides is 2. The van der Waals surface area contributed by atoms with Gasteiger partial charge in [-0.2, -0.15) is 4.31 Å². The number of morpholine rings is 1. The van der Waals surface area contributed by atoms with E-state index in [0.717, 1.165) is 16.4 Å². The number of benzene rings is 2. The van der Waals surface area contributed by atoms with E-state index in [1.54, 1.807) is 24.3 Å². The monoisotopic (exact) mass is 479 g/mol. The summed E-state index contributed by atoms with van der Waals surface area (Å²) in [6.45, 7) is 4.12. The average molecular weight is 480 g/mol. The van der Waals surface area contributed by atoms with Crippen molar-refractivity contribution < 1.29 is 31.9 Å². The molecule has 33 heavy (non-hydrogen) atoms. The number of carbonyl (C=O) groups is 2. The lowest BCUT2D eigenvalue weighted by molar-refractivity contribution is -0.115. The fraction of sp³-hybridized carbons (Fsp3) is 0.364. The molecule has 0 aliphatic carbocycles. The van der Waals surface area contributed by atoms with Crippen LogP contribution >= 0.6 is 0 Å². The summed E-state index contributed by atoms with van der Waals surface area (Å²) in [6, 6.07) is 9.76. The number of nitrogens with one attached hydrogen (secondary N) is 2. The second-order valence-electron chi connectivity index (χ2n) is 7.58.